The fourth-order valence-corrected chi connectivity index (χ4v) is 4.29. The zero-order valence-electron chi connectivity index (χ0n) is 15.8. The Balaban J connectivity index is 1.88. The highest BCUT2D eigenvalue weighted by atomic mass is 32.2. The molecule has 0 fully saturated rings. The quantitative estimate of drug-likeness (QED) is 0.744. The Morgan fingerprint density at radius 1 is 1.04 bits per heavy atom. The summed E-state index contributed by atoms with van der Waals surface area (Å²) in [5.41, 5.74) is 5.11. The van der Waals surface area contributed by atoms with Gasteiger partial charge in [-0.25, -0.2) is 13.1 Å². The van der Waals surface area contributed by atoms with Crippen LogP contribution in [0.5, 0.6) is 5.75 Å². The number of fused-ring (bicyclic) bond motifs is 1. The summed E-state index contributed by atoms with van der Waals surface area (Å²) in [5.74, 6) is 0.356. The number of hydrogen-bond acceptors (Lipinski definition) is 3. The summed E-state index contributed by atoms with van der Waals surface area (Å²) < 4.78 is 35.6. The van der Waals surface area contributed by atoms with Crippen molar-refractivity contribution >= 4 is 20.9 Å². The number of aromatic nitrogens is 1. The van der Waals surface area contributed by atoms with Crippen molar-refractivity contribution in [2.45, 2.75) is 32.2 Å². The molecular formula is C20H24N2O3S. The SMILES string of the molecule is COc1cc(C)c(C)cc1S(=O)(=O)NCc1ccc2c(c1)cc(C)n2C. The van der Waals surface area contributed by atoms with E-state index in [0.717, 1.165) is 33.3 Å². The first-order chi connectivity index (χ1) is 12.2. The molecule has 3 rings (SSSR count). The molecule has 0 amide bonds. The lowest BCUT2D eigenvalue weighted by Gasteiger charge is -2.13. The van der Waals surface area contributed by atoms with Gasteiger partial charge in [0, 0.05) is 30.2 Å². The molecule has 0 saturated carbocycles. The van der Waals surface area contributed by atoms with E-state index in [1.807, 2.05) is 46.0 Å². The summed E-state index contributed by atoms with van der Waals surface area (Å²) in [6.07, 6.45) is 0. The maximum Gasteiger partial charge on any atom is 0.244 e. The van der Waals surface area contributed by atoms with Crippen LogP contribution >= 0.6 is 0 Å². The predicted octanol–water partition coefficient (Wildman–Crippen LogP) is 3.59. The van der Waals surface area contributed by atoms with Crippen molar-refractivity contribution in [3.63, 3.8) is 0 Å². The third-order valence-electron chi connectivity index (χ3n) is 4.88. The van der Waals surface area contributed by atoms with Gasteiger partial charge in [0.05, 0.1) is 7.11 Å². The summed E-state index contributed by atoms with van der Waals surface area (Å²) in [6, 6.07) is 11.5. The van der Waals surface area contributed by atoms with Crippen LogP contribution in [0.4, 0.5) is 0 Å². The Bertz CT molecular complexity index is 1080. The van der Waals surface area contributed by atoms with Crippen molar-refractivity contribution in [1.82, 2.24) is 9.29 Å². The van der Waals surface area contributed by atoms with Gasteiger partial charge in [0.15, 0.2) is 0 Å². The van der Waals surface area contributed by atoms with Crippen molar-refractivity contribution < 1.29 is 13.2 Å². The first-order valence-corrected chi connectivity index (χ1v) is 9.91. The normalized spacial score (nSPS) is 11.9. The molecule has 0 aliphatic rings. The monoisotopic (exact) mass is 372 g/mol. The van der Waals surface area contributed by atoms with Gasteiger partial charge in [-0.2, -0.15) is 0 Å². The molecule has 26 heavy (non-hydrogen) atoms. The summed E-state index contributed by atoms with van der Waals surface area (Å²) in [7, 11) is -0.176. The predicted molar refractivity (Wildman–Crippen MR) is 104 cm³/mol. The minimum Gasteiger partial charge on any atom is -0.495 e. The Labute approximate surface area is 154 Å². The van der Waals surface area contributed by atoms with Gasteiger partial charge in [0.25, 0.3) is 0 Å². The molecule has 0 bridgehead atoms. The lowest BCUT2D eigenvalue weighted by atomic mass is 10.1. The van der Waals surface area contributed by atoms with Gasteiger partial charge in [0.2, 0.25) is 10.0 Å². The van der Waals surface area contributed by atoms with E-state index in [0.29, 0.717) is 5.75 Å². The van der Waals surface area contributed by atoms with Crippen LogP contribution in [-0.2, 0) is 23.6 Å². The smallest absolute Gasteiger partial charge is 0.244 e. The topological polar surface area (TPSA) is 60.3 Å². The van der Waals surface area contributed by atoms with Crippen molar-refractivity contribution in [1.29, 1.82) is 0 Å². The summed E-state index contributed by atoms with van der Waals surface area (Å²) in [4.78, 5) is 0.166. The highest BCUT2D eigenvalue weighted by molar-refractivity contribution is 7.89. The maximum atomic E-state index is 12.8. The number of benzene rings is 2. The molecule has 0 atom stereocenters. The van der Waals surface area contributed by atoms with Gasteiger partial charge in [-0.05, 0) is 67.8 Å². The fourth-order valence-electron chi connectivity index (χ4n) is 3.04. The van der Waals surface area contributed by atoms with E-state index in [1.54, 1.807) is 12.1 Å². The van der Waals surface area contributed by atoms with Crippen LogP contribution in [0.2, 0.25) is 0 Å². The number of rotatable bonds is 5. The second-order valence-corrected chi connectivity index (χ2v) is 8.39. The molecular weight excluding hydrogens is 348 g/mol. The minimum atomic E-state index is -3.68. The Morgan fingerprint density at radius 3 is 2.42 bits per heavy atom. The number of methoxy groups -OCH3 is 1. The van der Waals surface area contributed by atoms with E-state index < -0.39 is 10.0 Å². The van der Waals surface area contributed by atoms with Crippen molar-refractivity contribution in [2.24, 2.45) is 7.05 Å². The van der Waals surface area contributed by atoms with E-state index in [-0.39, 0.29) is 11.4 Å². The number of nitrogens with zero attached hydrogens (tertiary/aromatic N) is 1. The number of ether oxygens (including phenoxy) is 1. The van der Waals surface area contributed by atoms with Crippen molar-refractivity contribution in [3.05, 3.63) is 58.8 Å². The molecule has 0 unspecified atom stereocenters. The lowest BCUT2D eigenvalue weighted by Crippen LogP contribution is -2.24. The molecule has 2 aromatic carbocycles. The first-order valence-electron chi connectivity index (χ1n) is 8.43. The molecule has 0 radical (unpaired) electrons. The third-order valence-corrected chi connectivity index (χ3v) is 6.30. The van der Waals surface area contributed by atoms with Crippen LogP contribution in [0.25, 0.3) is 10.9 Å². The largest absolute Gasteiger partial charge is 0.495 e. The minimum absolute atomic E-state index is 0.166. The van der Waals surface area contributed by atoms with E-state index in [2.05, 4.69) is 15.4 Å². The zero-order chi connectivity index (χ0) is 19.1. The van der Waals surface area contributed by atoms with Crippen LogP contribution in [0.1, 0.15) is 22.4 Å². The fraction of sp³-hybridized carbons (Fsp3) is 0.300. The molecule has 138 valence electrons. The maximum absolute atomic E-state index is 12.8. The van der Waals surface area contributed by atoms with Crippen molar-refractivity contribution in [3.8, 4) is 5.75 Å². The molecule has 0 aliphatic heterocycles. The van der Waals surface area contributed by atoms with Gasteiger partial charge in [-0.15, -0.1) is 0 Å². The highest BCUT2D eigenvalue weighted by Crippen LogP contribution is 2.27. The van der Waals surface area contributed by atoms with E-state index in [1.165, 1.54) is 7.11 Å². The number of sulfonamides is 1. The van der Waals surface area contributed by atoms with Crippen LogP contribution in [-0.4, -0.2) is 20.1 Å². The van der Waals surface area contributed by atoms with Crippen molar-refractivity contribution in [2.75, 3.05) is 7.11 Å². The molecule has 0 aliphatic carbocycles. The van der Waals surface area contributed by atoms with Crippen LogP contribution in [0, 0.1) is 20.8 Å². The summed E-state index contributed by atoms with van der Waals surface area (Å²) in [6.45, 7) is 6.09. The molecule has 1 N–H and O–H groups in total. The molecule has 6 heteroatoms. The zero-order valence-corrected chi connectivity index (χ0v) is 16.6. The van der Waals surface area contributed by atoms with Gasteiger partial charge < -0.3 is 9.30 Å². The summed E-state index contributed by atoms with van der Waals surface area (Å²) >= 11 is 0. The Hall–Kier alpha value is -2.31. The average molecular weight is 372 g/mol. The molecule has 1 aromatic heterocycles. The second-order valence-electron chi connectivity index (χ2n) is 6.65. The van der Waals surface area contributed by atoms with Crippen LogP contribution in [0.3, 0.4) is 0 Å². The standard InChI is InChI=1S/C20H24N2O3S/c1-13-8-19(25-5)20(9-14(13)2)26(23,24)21-12-16-6-7-18-17(11-16)10-15(3)22(18)4/h6-11,21H,12H2,1-5H3. The molecule has 5 nitrogen and oxygen atoms in total. The van der Waals surface area contributed by atoms with Gasteiger partial charge >= 0.3 is 0 Å². The first kappa shape index (κ1) is 18.5. The van der Waals surface area contributed by atoms with Gasteiger partial charge in [0.1, 0.15) is 10.6 Å². The third kappa shape index (κ3) is 3.34. The Kier molecular flexibility index (Phi) is 4.82. The number of aryl methyl sites for hydroxylation is 4. The summed E-state index contributed by atoms with van der Waals surface area (Å²) in [5, 5.41) is 1.10. The Morgan fingerprint density at radius 2 is 1.73 bits per heavy atom. The van der Waals surface area contributed by atoms with Crippen LogP contribution in [0.15, 0.2) is 41.3 Å². The van der Waals surface area contributed by atoms with E-state index >= 15 is 0 Å². The number of hydrogen-bond donors (Lipinski definition) is 1. The second kappa shape index (κ2) is 6.78. The average Bonchev–Trinajstić information content (AvgIpc) is 2.89. The molecule has 0 spiro atoms. The number of nitrogens with one attached hydrogen (secondary N) is 1. The molecule has 3 aromatic rings. The molecule has 0 saturated heterocycles. The van der Waals surface area contributed by atoms with Gasteiger partial charge in [-0.1, -0.05) is 6.07 Å². The van der Waals surface area contributed by atoms with Crippen LogP contribution < -0.4 is 9.46 Å². The molecule has 1 heterocycles. The van der Waals surface area contributed by atoms with E-state index in [9.17, 15) is 8.42 Å². The lowest BCUT2D eigenvalue weighted by molar-refractivity contribution is 0.402. The van der Waals surface area contributed by atoms with E-state index in [4.69, 9.17) is 4.74 Å². The van der Waals surface area contributed by atoms with Gasteiger partial charge in [-0.3, -0.25) is 0 Å². The highest BCUT2D eigenvalue weighted by Gasteiger charge is 2.20.